The van der Waals surface area contributed by atoms with Crippen LogP contribution in [0.25, 0.3) is 0 Å². The average Bonchev–Trinajstić information content (AvgIpc) is 2.74. The number of carbonyl (C=O) groups is 3. The molecule has 29 heavy (non-hydrogen) atoms. The molecule has 0 heterocycles. The Kier molecular flexibility index (Phi) is 8.40. The fraction of sp³-hybridized carbons (Fsp3) is 0.348. The molecule has 154 valence electrons. The van der Waals surface area contributed by atoms with Crippen LogP contribution < -0.4 is 10.1 Å². The van der Waals surface area contributed by atoms with E-state index in [1.54, 1.807) is 53.4 Å². The first kappa shape index (κ1) is 22.1. The predicted octanol–water partition coefficient (Wildman–Crippen LogP) is 4.17. The number of amides is 2. The third-order valence-corrected chi connectivity index (χ3v) is 4.55. The fourth-order valence-corrected chi connectivity index (χ4v) is 2.95. The van der Waals surface area contributed by atoms with E-state index in [0.717, 1.165) is 0 Å². The van der Waals surface area contributed by atoms with E-state index in [2.05, 4.69) is 5.32 Å². The Morgan fingerprint density at radius 2 is 1.55 bits per heavy atom. The van der Waals surface area contributed by atoms with E-state index >= 15 is 0 Å². The Bertz CT molecular complexity index is 842. The van der Waals surface area contributed by atoms with E-state index in [1.165, 1.54) is 0 Å². The molecule has 1 N–H and O–H groups in total. The lowest BCUT2D eigenvalue weighted by atomic mass is 10.1. The Balaban J connectivity index is 1.97. The van der Waals surface area contributed by atoms with E-state index in [0.29, 0.717) is 42.3 Å². The van der Waals surface area contributed by atoms with Crippen LogP contribution in [0.1, 0.15) is 54.3 Å². The first-order valence-electron chi connectivity index (χ1n) is 9.94. The number of Topliss-reactive ketones (excluding diaryl/α,β-unsaturated/α-hetero) is 1. The van der Waals surface area contributed by atoms with E-state index in [-0.39, 0.29) is 30.4 Å². The number of anilines is 1. The van der Waals surface area contributed by atoms with Crippen LogP contribution in [-0.2, 0) is 4.79 Å². The van der Waals surface area contributed by atoms with Gasteiger partial charge in [-0.2, -0.15) is 0 Å². The molecule has 6 nitrogen and oxygen atoms in total. The second kappa shape index (κ2) is 11.0. The minimum Gasteiger partial charge on any atom is -0.494 e. The van der Waals surface area contributed by atoms with Crippen LogP contribution in [0.3, 0.4) is 0 Å². The summed E-state index contributed by atoms with van der Waals surface area (Å²) in [5.41, 5.74) is 1.45. The van der Waals surface area contributed by atoms with Gasteiger partial charge in [-0.05, 0) is 57.2 Å². The largest absolute Gasteiger partial charge is 0.494 e. The highest BCUT2D eigenvalue weighted by atomic mass is 16.5. The third-order valence-electron chi connectivity index (χ3n) is 4.55. The first-order valence-corrected chi connectivity index (χ1v) is 9.94. The molecule has 2 aromatic carbocycles. The molecule has 2 amide bonds. The summed E-state index contributed by atoms with van der Waals surface area (Å²) in [6, 6.07) is 13.8. The lowest BCUT2D eigenvalue weighted by Crippen LogP contribution is -2.31. The molecule has 0 aromatic heterocycles. The zero-order valence-corrected chi connectivity index (χ0v) is 17.2. The number of ether oxygens (including phenoxy) is 1. The molecule has 0 aliphatic carbocycles. The molecule has 2 aromatic rings. The molecule has 6 heteroatoms. The van der Waals surface area contributed by atoms with Crippen molar-refractivity contribution in [1.82, 2.24) is 4.90 Å². The molecule has 0 unspecified atom stereocenters. The van der Waals surface area contributed by atoms with Crippen molar-refractivity contribution in [2.75, 3.05) is 25.0 Å². The summed E-state index contributed by atoms with van der Waals surface area (Å²) in [7, 11) is 0. The Hall–Kier alpha value is -3.15. The SMILES string of the molecule is CCOc1ccc(C(=O)CCC(=O)Nc2ccccc2C(=O)N(CC)CC)cc1. The van der Waals surface area contributed by atoms with Crippen molar-refractivity contribution in [2.24, 2.45) is 0 Å². The first-order chi connectivity index (χ1) is 14.0. The maximum absolute atomic E-state index is 12.6. The van der Waals surface area contributed by atoms with Gasteiger partial charge in [-0.1, -0.05) is 12.1 Å². The molecule has 0 spiro atoms. The molecule has 0 radical (unpaired) electrons. The van der Waals surface area contributed by atoms with Gasteiger partial charge in [0.05, 0.1) is 17.9 Å². The quantitative estimate of drug-likeness (QED) is 0.612. The summed E-state index contributed by atoms with van der Waals surface area (Å²) in [6.07, 6.45) is 0.131. The molecule has 0 atom stereocenters. The van der Waals surface area contributed by atoms with E-state index in [9.17, 15) is 14.4 Å². The Morgan fingerprint density at radius 1 is 0.897 bits per heavy atom. The van der Waals surface area contributed by atoms with Gasteiger partial charge in [0.2, 0.25) is 5.91 Å². The zero-order valence-electron chi connectivity index (χ0n) is 17.2. The van der Waals surface area contributed by atoms with Crippen molar-refractivity contribution in [2.45, 2.75) is 33.6 Å². The van der Waals surface area contributed by atoms with Gasteiger partial charge < -0.3 is 15.0 Å². The van der Waals surface area contributed by atoms with Crippen LogP contribution >= 0.6 is 0 Å². The van der Waals surface area contributed by atoms with Crippen molar-refractivity contribution in [1.29, 1.82) is 0 Å². The van der Waals surface area contributed by atoms with Gasteiger partial charge in [-0.3, -0.25) is 14.4 Å². The molecular weight excluding hydrogens is 368 g/mol. The normalized spacial score (nSPS) is 10.3. The highest BCUT2D eigenvalue weighted by Crippen LogP contribution is 2.19. The topological polar surface area (TPSA) is 75.7 Å². The Labute approximate surface area is 171 Å². The number of hydrogen-bond acceptors (Lipinski definition) is 4. The van der Waals surface area contributed by atoms with Crippen LogP contribution in [-0.4, -0.2) is 42.2 Å². The molecule has 2 rings (SSSR count). The molecule has 0 aliphatic heterocycles. The summed E-state index contributed by atoms with van der Waals surface area (Å²) in [4.78, 5) is 39.0. The van der Waals surface area contributed by atoms with Crippen LogP contribution in [0.15, 0.2) is 48.5 Å². The average molecular weight is 396 g/mol. The monoisotopic (exact) mass is 396 g/mol. The van der Waals surface area contributed by atoms with Crippen molar-refractivity contribution in [3.63, 3.8) is 0 Å². The summed E-state index contributed by atoms with van der Waals surface area (Å²) >= 11 is 0. The van der Waals surface area contributed by atoms with Crippen LogP contribution in [0.4, 0.5) is 5.69 Å². The maximum Gasteiger partial charge on any atom is 0.255 e. The molecule has 0 bridgehead atoms. The maximum atomic E-state index is 12.6. The van der Waals surface area contributed by atoms with Crippen LogP contribution in [0.5, 0.6) is 5.75 Å². The standard InChI is InChI=1S/C23H28N2O4/c1-4-25(5-2)23(28)19-9-7-8-10-20(19)24-22(27)16-15-21(26)17-11-13-18(14-12-17)29-6-3/h7-14H,4-6,15-16H2,1-3H3,(H,24,27). The molecule has 0 aliphatic rings. The summed E-state index contributed by atoms with van der Waals surface area (Å²) < 4.78 is 5.36. The van der Waals surface area contributed by atoms with Crippen molar-refractivity contribution < 1.29 is 19.1 Å². The zero-order chi connectivity index (χ0) is 21.2. The minimum absolute atomic E-state index is 0.0415. The summed E-state index contributed by atoms with van der Waals surface area (Å²) in [5, 5.41) is 2.77. The number of ketones is 1. The number of hydrogen-bond donors (Lipinski definition) is 1. The van der Waals surface area contributed by atoms with Gasteiger partial charge >= 0.3 is 0 Å². The number of nitrogens with one attached hydrogen (secondary N) is 1. The number of carbonyl (C=O) groups excluding carboxylic acids is 3. The van der Waals surface area contributed by atoms with Crippen molar-refractivity contribution in [3.8, 4) is 5.75 Å². The van der Waals surface area contributed by atoms with E-state index < -0.39 is 0 Å². The Morgan fingerprint density at radius 3 is 2.17 bits per heavy atom. The smallest absolute Gasteiger partial charge is 0.255 e. The second-order valence-electron chi connectivity index (χ2n) is 6.45. The lowest BCUT2D eigenvalue weighted by Gasteiger charge is -2.20. The van der Waals surface area contributed by atoms with Crippen LogP contribution in [0, 0.1) is 0 Å². The van der Waals surface area contributed by atoms with E-state index in [1.807, 2.05) is 20.8 Å². The fourth-order valence-electron chi connectivity index (χ4n) is 2.95. The van der Waals surface area contributed by atoms with Gasteiger partial charge in [-0.15, -0.1) is 0 Å². The summed E-state index contributed by atoms with van der Waals surface area (Å²) in [6.45, 7) is 7.46. The summed E-state index contributed by atoms with van der Waals surface area (Å²) in [5.74, 6) is 0.160. The van der Waals surface area contributed by atoms with Gasteiger partial charge in [0.1, 0.15) is 5.75 Å². The van der Waals surface area contributed by atoms with Crippen LogP contribution in [0.2, 0.25) is 0 Å². The number of rotatable bonds is 10. The second-order valence-corrected chi connectivity index (χ2v) is 6.45. The predicted molar refractivity (Wildman–Crippen MR) is 113 cm³/mol. The molecule has 0 saturated heterocycles. The molecule has 0 saturated carbocycles. The van der Waals surface area contributed by atoms with Gasteiger partial charge in [0.15, 0.2) is 5.78 Å². The van der Waals surface area contributed by atoms with Gasteiger partial charge in [-0.25, -0.2) is 0 Å². The highest BCUT2D eigenvalue weighted by molar-refractivity contribution is 6.05. The van der Waals surface area contributed by atoms with Gasteiger partial charge in [0.25, 0.3) is 5.91 Å². The van der Waals surface area contributed by atoms with E-state index in [4.69, 9.17) is 4.74 Å². The molecule has 0 fully saturated rings. The lowest BCUT2D eigenvalue weighted by molar-refractivity contribution is -0.116. The van der Waals surface area contributed by atoms with Gasteiger partial charge in [0, 0.05) is 31.5 Å². The number of nitrogens with zero attached hydrogens (tertiary/aromatic N) is 1. The number of benzene rings is 2. The molecular formula is C23H28N2O4. The third kappa shape index (κ3) is 6.17. The van der Waals surface area contributed by atoms with Crippen molar-refractivity contribution in [3.05, 3.63) is 59.7 Å². The highest BCUT2D eigenvalue weighted by Gasteiger charge is 2.18. The van der Waals surface area contributed by atoms with Crippen molar-refractivity contribution >= 4 is 23.3 Å². The minimum atomic E-state index is -0.302. The number of para-hydroxylation sites is 1.